The van der Waals surface area contributed by atoms with Crippen molar-refractivity contribution in [3.05, 3.63) is 0 Å². The van der Waals surface area contributed by atoms with Crippen LogP contribution < -0.4 is 5.32 Å². The maximum absolute atomic E-state index is 12.0. The molecular formula is C13H21NO3. The Labute approximate surface area is 102 Å². The molecule has 2 rings (SSSR count). The van der Waals surface area contributed by atoms with Gasteiger partial charge in [0, 0.05) is 18.9 Å². The molecule has 0 heterocycles. The molecular weight excluding hydrogens is 218 g/mol. The van der Waals surface area contributed by atoms with Crippen molar-refractivity contribution < 1.29 is 14.7 Å². The second-order valence-electron chi connectivity index (χ2n) is 5.34. The average Bonchev–Trinajstić information content (AvgIpc) is 3.11. The van der Waals surface area contributed by atoms with E-state index in [1.54, 1.807) is 0 Å². The minimum atomic E-state index is -0.759. The van der Waals surface area contributed by atoms with Crippen LogP contribution in [0.25, 0.3) is 0 Å². The van der Waals surface area contributed by atoms with Crippen molar-refractivity contribution >= 4 is 11.9 Å². The van der Waals surface area contributed by atoms with Crippen LogP contribution in [0.1, 0.15) is 44.9 Å². The monoisotopic (exact) mass is 239 g/mol. The van der Waals surface area contributed by atoms with E-state index in [0.29, 0.717) is 24.8 Å². The summed E-state index contributed by atoms with van der Waals surface area (Å²) in [5, 5.41) is 11.5. The van der Waals surface area contributed by atoms with Crippen molar-refractivity contribution in [3.63, 3.8) is 0 Å². The maximum atomic E-state index is 12.0. The van der Waals surface area contributed by atoms with E-state index in [1.807, 2.05) is 0 Å². The number of carbonyl (C=O) groups is 2. The van der Waals surface area contributed by atoms with Gasteiger partial charge in [0.25, 0.3) is 0 Å². The summed E-state index contributed by atoms with van der Waals surface area (Å²) < 4.78 is 0. The van der Waals surface area contributed by atoms with Crippen molar-refractivity contribution in [2.75, 3.05) is 6.54 Å². The molecule has 2 aliphatic carbocycles. The summed E-state index contributed by atoms with van der Waals surface area (Å²) in [6, 6.07) is 0. The van der Waals surface area contributed by atoms with Gasteiger partial charge in [-0.1, -0.05) is 0 Å². The number of nitrogens with one attached hydrogen (secondary N) is 1. The van der Waals surface area contributed by atoms with Gasteiger partial charge in [0.1, 0.15) is 0 Å². The van der Waals surface area contributed by atoms with Crippen molar-refractivity contribution in [1.82, 2.24) is 5.32 Å². The van der Waals surface area contributed by atoms with E-state index in [0.717, 1.165) is 6.42 Å². The molecule has 0 aliphatic heterocycles. The molecule has 2 aliphatic rings. The van der Waals surface area contributed by atoms with Gasteiger partial charge in [-0.2, -0.15) is 0 Å². The zero-order chi connectivity index (χ0) is 12.3. The van der Waals surface area contributed by atoms with E-state index in [4.69, 9.17) is 5.11 Å². The highest BCUT2D eigenvalue weighted by Crippen LogP contribution is 2.49. The maximum Gasteiger partial charge on any atom is 0.303 e. The number of hydrogen-bond donors (Lipinski definition) is 2. The highest BCUT2D eigenvalue weighted by Gasteiger charge is 2.45. The quantitative estimate of drug-likeness (QED) is 0.635. The van der Waals surface area contributed by atoms with Gasteiger partial charge in [-0.3, -0.25) is 9.59 Å². The molecule has 96 valence electrons. The number of rotatable bonds is 8. The number of unbranched alkanes of at least 4 members (excludes halogenated alkanes) is 1. The first kappa shape index (κ1) is 12.4. The highest BCUT2D eigenvalue weighted by molar-refractivity contribution is 5.80. The zero-order valence-corrected chi connectivity index (χ0v) is 10.2. The summed E-state index contributed by atoms with van der Waals surface area (Å²) in [5.41, 5.74) is 0. The molecule has 0 aromatic heterocycles. The average molecular weight is 239 g/mol. The fraction of sp³-hybridized carbons (Fsp3) is 0.846. The normalized spacial score (nSPS) is 19.4. The van der Waals surface area contributed by atoms with Gasteiger partial charge in [0.2, 0.25) is 5.91 Å². The second-order valence-corrected chi connectivity index (χ2v) is 5.34. The van der Waals surface area contributed by atoms with Crippen LogP contribution in [-0.2, 0) is 9.59 Å². The van der Waals surface area contributed by atoms with Crippen LogP contribution in [0.2, 0.25) is 0 Å². The lowest BCUT2D eigenvalue weighted by Crippen LogP contribution is -2.33. The smallest absolute Gasteiger partial charge is 0.303 e. The molecule has 0 saturated heterocycles. The summed E-state index contributed by atoms with van der Waals surface area (Å²) >= 11 is 0. The van der Waals surface area contributed by atoms with E-state index in [-0.39, 0.29) is 18.2 Å². The summed E-state index contributed by atoms with van der Waals surface area (Å²) in [5.74, 6) is 0.994. The Bertz CT molecular complexity index is 283. The molecule has 4 heteroatoms. The lowest BCUT2D eigenvalue weighted by atomic mass is 9.97. The molecule has 1 amide bonds. The number of carbonyl (C=O) groups excluding carboxylic acids is 1. The summed E-state index contributed by atoms with van der Waals surface area (Å²) in [7, 11) is 0. The number of amides is 1. The number of aliphatic carboxylic acids is 1. The van der Waals surface area contributed by atoms with Crippen molar-refractivity contribution in [2.24, 2.45) is 17.8 Å². The van der Waals surface area contributed by atoms with E-state index in [2.05, 4.69) is 5.32 Å². The molecule has 0 unspecified atom stereocenters. The largest absolute Gasteiger partial charge is 0.481 e. The highest BCUT2D eigenvalue weighted by atomic mass is 16.4. The van der Waals surface area contributed by atoms with Crippen molar-refractivity contribution in [1.29, 1.82) is 0 Å². The molecule has 2 N–H and O–H groups in total. The topological polar surface area (TPSA) is 66.4 Å². The fourth-order valence-corrected chi connectivity index (χ4v) is 2.45. The van der Waals surface area contributed by atoms with Crippen LogP contribution in [0.4, 0.5) is 0 Å². The van der Waals surface area contributed by atoms with E-state index in [9.17, 15) is 9.59 Å². The molecule has 0 atom stereocenters. The minimum absolute atomic E-state index is 0.199. The van der Waals surface area contributed by atoms with E-state index in [1.165, 1.54) is 25.7 Å². The summed E-state index contributed by atoms with van der Waals surface area (Å²) in [6.45, 7) is 0.627. The van der Waals surface area contributed by atoms with E-state index >= 15 is 0 Å². The van der Waals surface area contributed by atoms with Gasteiger partial charge >= 0.3 is 5.97 Å². The van der Waals surface area contributed by atoms with Crippen molar-refractivity contribution in [3.8, 4) is 0 Å². The molecule has 0 aromatic rings. The van der Waals surface area contributed by atoms with Gasteiger partial charge in [-0.15, -0.1) is 0 Å². The van der Waals surface area contributed by atoms with Crippen LogP contribution in [0.5, 0.6) is 0 Å². The predicted molar refractivity (Wildman–Crippen MR) is 63.4 cm³/mol. The molecule has 2 saturated carbocycles. The third-order valence-corrected chi connectivity index (χ3v) is 3.68. The molecule has 0 spiro atoms. The lowest BCUT2D eigenvalue weighted by molar-refractivity contribution is -0.137. The second kappa shape index (κ2) is 5.52. The zero-order valence-electron chi connectivity index (χ0n) is 10.2. The summed E-state index contributed by atoms with van der Waals surface area (Å²) in [4.78, 5) is 22.3. The van der Waals surface area contributed by atoms with E-state index < -0.39 is 5.97 Å². The third kappa shape index (κ3) is 4.02. The fourth-order valence-electron chi connectivity index (χ4n) is 2.45. The molecule has 0 radical (unpaired) electrons. The van der Waals surface area contributed by atoms with Gasteiger partial charge in [0.15, 0.2) is 0 Å². The summed E-state index contributed by atoms with van der Waals surface area (Å²) in [6.07, 6.45) is 6.47. The Balaban J connectivity index is 1.60. The molecule has 0 bridgehead atoms. The molecule has 0 aromatic carbocycles. The standard InChI is InChI=1S/C13H21NO3/c15-11(16)3-1-2-8-14-13(17)12(9-4-5-9)10-6-7-10/h9-10,12H,1-8H2,(H,14,17)(H,15,16). The van der Waals surface area contributed by atoms with Crippen LogP contribution >= 0.6 is 0 Å². The van der Waals surface area contributed by atoms with Crippen LogP contribution in [0, 0.1) is 17.8 Å². The Morgan fingerprint density at radius 1 is 1.12 bits per heavy atom. The first-order valence-electron chi connectivity index (χ1n) is 6.68. The lowest BCUT2D eigenvalue weighted by Gasteiger charge is -2.15. The van der Waals surface area contributed by atoms with Crippen LogP contribution in [-0.4, -0.2) is 23.5 Å². The number of carboxylic acid groups (broad SMARTS) is 1. The molecule has 4 nitrogen and oxygen atoms in total. The van der Waals surface area contributed by atoms with Gasteiger partial charge in [-0.25, -0.2) is 0 Å². The SMILES string of the molecule is O=C(O)CCCCNC(=O)C(C1CC1)C1CC1. The Morgan fingerprint density at radius 3 is 2.18 bits per heavy atom. The van der Waals surface area contributed by atoms with Gasteiger partial charge in [-0.05, 0) is 50.4 Å². The number of hydrogen-bond acceptors (Lipinski definition) is 2. The number of carboxylic acids is 1. The van der Waals surface area contributed by atoms with Crippen LogP contribution in [0.15, 0.2) is 0 Å². The molecule has 2 fully saturated rings. The van der Waals surface area contributed by atoms with Crippen molar-refractivity contribution in [2.45, 2.75) is 44.9 Å². The van der Waals surface area contributed by atoms with Crippen LogP contribution in [0.3, 0.4) is 0 Å². The Kier molecular flexibility index (Phi) is 4.02. The Morgan fingerprint density at radius 2 is 1.71 bits per heavy atom. The first-order chi connectivity index (χ1) is 8.18. The first-order valence-corrected chi connectivity index (χ1v) is 6.68. The Hall–Kier alpha value is -1.06. The predicted octanol–water partition coefficient (Wildman–Crippen LogP) is 1.79. The third-order valence-electron chi connectivity index (χ3n) is 3.68. The minimum Gasteiger partial charge on any atom is -0.481 e. The van der Waals surface area contributed by atoms with Gasteiger partial charge in [0.05, 0.1) is 0 Å². The van der Waals surface area contributed by atoms with Gasteiger partial charge < -0.3 is 10.4 Å². The molecule has 17 heavy (non-hydrogen) atoms.